The highest BCUT2D eigenvalue weighted by atomic mass is 32.1. The molecule has 0 aliphatic heterocycles. The van der Waals surface area contributed by atoms with Crippen molar-refractivity contribution >= 4 is 33.2 Å². The van der Waals surface area contributed by atoms with Crippen molar-refractivity contribution in [3.63, 3.8) is 0 Å². The summed E-state index contributed by atoms with van der Waals surface area (Å²) in [5.41, 5.74) is -0.315. The predicted molar refractivity (Wildman–Crippen MR) is 133 cm³/mol. The monoisotopic (exact) mass is 465 g/mol. The van der Waals surface area contributed by atoms with Crippen LogP contribution in [0.15, 0.2) is 47.5 Å². The molecule has 0 N–H and O–H groups in total. The van der Waals surface area contributed by atoms with Gasteiger partial charge in [-0.1, -0.05) is 31.0 Å². The van der Waals surface area contributed by atoms with Crippen molar-refractivity contribution in [1.29, 1.82) is 0 Å². The summed E-state index contributed by atoms with van der Waals surface area (Å²) in [6.07, 6.45) is 7.55. The first-order valence-corrected chi connectivity index (χ1v) is 12.5. The molecule has 3 aromatic rings. The number of carbonyl (C=O) groups is 2. The Bertz CT molecular complexity index is 1190. The van der Waals surface area contributed by atoms with E-state index < -0.39 is 5.43 Å². The second-order valence-electron chi connectivity index (χ2n) is 8.69. The zero-order valence-electron chi connectivity index (χ0n) is 19.5. The molecule has 4 rings (SSSR count). The van der Waals surface area contributed by atoms with Crippen LogP contribution in [0.5, 0.6) is 0 Å². The summed E-state index contributed by atoms with van der Waals surface area (Å²) in [7, 11) is 1.71. The first-order valence-electron chi connectivity index (χ1n) is 11.7. The molecule has 0 spiro atoms. The number of benzene rings is 1. The molecule has 1 aromatic carbocycles. The number of amides is 2. The van der Waals surface area contributed by atoms with Gasteiger partial charge in [0, 0.05) is 48.1 Å². The van der Waals surface area contributed by atoms with Gasteiger partial charge in [-0.15, -0.1) is 11.3 Å². The summed E-state index contributed by atoms with van der Waals surface area (Å²) in [5, 5.41) is 1.15. The highest BCUT2D eigenvalue weighted by Crippen LogP contribution is 2.30. The SMILES string of the molecule is CCN(CC)C(=O)c1cn(C2CCCC2)cc(C(=O)N(C)Cc2cc3ccccc3s2)c1=O. The normalized spacial score (nSPS) is 14.0. The maximum Gasteiger partial charge on any atom is 0.259 e. The van der Waals surface area contributed by atoms with E-state index in [1.807, 2.05) is 30.5 Å². The molecule has 0 unspecified atom stereocenters. The van der Waals surface area contributed by atoms with Crippen molar-refractivity contribution in [2.75, 3.05) is 20.1 Å². The van der Waals surface area contributed by atoms with Crippen LogP contribution in [0.4, 0.5) is 0 Å². The van der Waals surface area contributed by atoms with E-state index in [1.54, 1.807) is 40.6 Å². The molecule has 7 heteroatoms. The van der Waals surface area contributed by atoms with E-state index in [0.29, 0.717) is 19.6 Å². The average Bonchev–Trinajstić information content (AvgIpc) is 3.49. The first-order chi connectivity index (χ1) is 15.9. The topological polar surface area (TPSA) is 62.6 Å². The van der Waals surface area contributed by atoms with E-state index in [9.17, 15) is 14.4 Å². The average molecular weight is 466 g/mol. The summed E-state index contributed by atoms with van der Waals surface area (Å²) in [4.78, 5) is 44.2. The van der Waals surface area contributed by atoms with Crippen molar-refractivity contribution in [2.24, 2.45) is 0 Å². The largest absolute Gasteiger partial charge is 0.349 e. The molecular formula is C26H31N3O3S. The Kier molecular flexibility index (Phi) is 6.98. The molecular weight excluding hydrogens is 434 g/mol. The second kappa shape index (κ2) is 9.91. The van der Waals surface area contributed by atoms with Gasteiger partial charge in [0.15, 0.2) is 0 Å². The van der Waals surface area contributed by atoms with Crippen LogP contribution in [0.3, 0.4) is 0 Å². The molecule has 1 saturated carbocycles. The first kappa shape index (κ1) is 23.2. The summed E-state index contributed by atoms with van der Waals surface area (Å²) in [6.45, 7) is 5.23. The predicted octanol–water partition coefficient (Wildman–Crippen LogP) is 4.93. The molecule has 2 amide bonds. The molecule has 2 heterocycles. The number of hydrogen-bond donors (Lipinski definition) is 0. The number of aromatic nitrogens is 1. The Hall–Kier alpha value is -2.93. The Balaban J connectivity index is 1.68. The van der Waals surface area contributed by atoms with E-state index in [2.05, 4.69) is 18.2 Å². The zero-order chi connectivity index (χ0) is 23.5. The molecule has 1 fully saturated rings. The third-order valence-corrected chi connectivity index (χ3v) is 7.62. The molecule has 2 aromatic heterocycles. The van der Waals surface area contributed by atoms with Crippen molar-refractivity contribution in [3.8, 4) is 0 Å². The molecule has 174 valence electrons. The van der Waals surface area contributed by atoms with E-state index >= 15 is 0 Å². The quantitative estimate of drug-likeness (QED) is 0.497. The van der Waals surface area contributed by atoms with Gasteiger partial charge in [-0.3, -0.25) is 14.4 Å². The van der Waals surface area contributed by atoms with Gasteiger partial charge in [0.25, 0.3) is 11.8 Å². The minimum absolute atomic E-state index is 0.0727. The number of rotatable bonds is 7. The minimum atomic E-state index is -0.477. The van der Waals surface area contributed by atoms with Crippen LogP contribution in [0.1, 0.15) is 71.2 Å². The Labute approximate surface area is 198 Å². The van der Waals surface area contributed by atoms with E-state index in [0.717, 1.165) is 35.9 Å². The van der Waals surface area contributed by atoms with Crippen LogP contribution in [0.25, 0.3) is 10.1 Å². The summed E-state index contributed by atoms with van der Waals surface area (Å²) >= 11 is 1.65. The Morgan fingerprint density at radius 2 is 1.67 bits per heavy atom. The number of fused-ring (bicyclic) bond motifs is 1. The molecule has 0 atom stereocenters. The standard InChI is InChI=1S/C26H31N3O3S/c1-4-28(5-2)26(32)22-17-29(19-11-7-8-12-19)16-21(24(22)30)25(31)27(3)15-20-14-18-10-6-9-13-23(18)33-20/h6,9-10,13-14,16-17,19H,4-5,7-8,11-12,15H2,1-3H3. The highest BCUT2D eigenvalue weighted by Gasteiger charge is 2.26. The van der Waals surface area contributed by atoms with Gasteiger partial charge in [-0.2, -0.15) is 0 Å². The van der Waals surface area contributed by atoms with Crippen molar-refractivity contribution in [1.82, 2.24) is 14.4 Å². The molecule has 0 saturated heterocycles. The maximum atomic E-state index is 13.4. The number of nitrogens with zero attached hydrogens (tertiary/aromatic N) is 3. The van der Waals surface area contributed by atoms with Gasteiger partial charge in [-0.05, 0) is 44.2 Å². The maximum absolute atomic E-state index is 13.4. The van der Waals surface area contributed by atoms with Crippen LogP contribution >= 0.6 is 11.3 Å². The van der Waals surface area contributed by atoms with Crippen molar-refractivity contribution in [2.45, 2.75) is 52.1 Å². The summed E-state index contributed by atoms with van der Waals surface area (Å²) < 4.78 is 3.11. The number of pyridine rings is 1. The lowest BCUT2D eigenvalue weighted by Gasteiger charge is -2.23. The summed E-state index contributed by atoms with van der Waals surface area (Å²) in [6, 6.07) is 10.4. The van der Waals surface area contributed by atoms with Crippen LogP contribution in [0.2, 0.25) is 0 Å². The lowest BCUT2D eigenvalue weighted by molar-refractivity contribution is 0.0769. The van der Waals surface area contributed by atoms with Crippen LogP contribution in [-0.4, -0.2) is 46.3 Å². The third-order valence-electron chi connectivity index (χ3n) is 6.52. The van der Waals surface area contributed by atoms with Crippen LogP contribution < -0.4 is 5.43 Å². The summed E-state index contributed by atoms with van der Waals surface area (Å²) in [5.74, 6) is -0.656. The van der Waals surface area contributed by atoms with Gasteiger partial charge < -0.3 is 14.4 Å². The van der Waals surface area contributed by atoms with Crippen LogP contribution in [-0.2, 0) is 6.54 Å². The Morgan fingerprint density at radius 1 is 1.03 bits per heavy atom. The molecule has 0 radical (unpaired) electrons. The Morgan fingerprint density at radius 3 is 2.30 bits per heavy atom. The smallest absolute Gasteiger partial charge is 0.259 e. The van der Waals surface area contributed by atoms with Gasteiger partial charge in [0.2, 0.25) is 5.43 Å². The fourth-order valence-corrected chi connectivity index (χ4v) is 5.74. The molecule has 33 heavy (non-hydrogen) atoms. The second-order valence-corrected chi connectivity index (χ2v) is 9.86. The zero-order valence-corrected chi connectivity index (χ0v) is 20.4. The molecule has 6 nitrogen and oxygen atoms in total. The lowest BCUT2D eigenvalue weighted by atomic mass is 10.1. The number of carbonyl (C=O) groups excluding carboxylic acids is 2. The third kappa shape index (κ3) is 4.74. The molecule has 1 aliphatic rings. The van der Waals surface area contributed by atoms with Gasteiger partial charge in [0.1, 0.15) is 11.1 Å². The van der Waals surface area contributed by atoms with Gasteiger partial charge in [-0.25, -0.2) is 0 Å². The molecule has 0 bridgehead atoms. The van der Waals surface area contributed by atoms with Gasteiger partial charge in [0.05, 0.1) is 6.54 Å². The fourth-order valence-electron chi connectivity index (χ4n) is 4.62. The van der Waals surface area contributed by atoms with E-state index in [4.69, 9.17) is 0 Å². The van der Waals surface area contributed by atoms with Gasteiger partial charge >= 0.3 is 0 Å². The molecule has 1 aliphatic carbocycles. The fraction of sp³-hybridized carbons (Fsp3) is 0.423. The van der Waals surface area contributed by atoms with E-state index in [1.165, 1.54) is 4.70 Å². The lowest BCUT2D eigenvalue weighted by Crippen LogP contribution is -2.38. The van der Waals surface area contributed by atoms with Crippen LogP contribution in [0, 0.1) is 0 Å². The van der Waals surface area contributed by atoms with Crippen molar-refractivity contribution < 1.29 is 9.59 Å². The van der Waals surface area contributed by atoms with E-state index in [-0.39, 0.29) is 29.0 Å². The van der Waals surface area contributed by atoms with Crippen molar-refractivity contribution in [3.05, 3.63) is 69.0 Å². The number of thiophene rings is 1. The number of hydrogen-bond acceptors (Lipinski definition) is 4. The minimum Gasteiger partial charge on any atom is -0.349 e. The highest BCUT2D eigenvalue weighted by molar-refractivity contribution is 7.19.